The van der Waals surface area contributed by atoms with Gasteiger partial charge in [-0.25, -0.2) is 13.9 Å². The molecule has 0 saturated carbocycles. The van der Waals surface area contributed by atoms with Gasteiger partial charge in [0, 0.05) is 36.1 Å². The van der Waals surface area contributed by atoms with E-state index in [9.17, 15) is 23.6 Å². The van der Waals surface area contributed by atoms with E-state index in [2.05, 4.69) is 15.9 Å². The quantitative estimate of drug-likeness (QED) is 0.202. The predicted octanol–water partition coefficient (Wildman–Crippen LogP) is 5.21. The van der Waals surface area contributed by atoms with Crippen molar-refractivity contribution in [3.63, 3.8) is 0 Å². The number of Topliss-reactive ketones (excluding diaryl/α,β-unsaturated/α-hetero) is 1. The number of nitrogens with zero attached hydrogens (tertiary/aromatic N) is 4. The van der Waals surface area contributed by atoms with Crippen LogP contribution >= 0.6 is 15.9 Å². The molecular formula is C32H32BrFN4O5. The highest BCUT2D eigenvalue weighted by Gasteiger charge is 2.34. The van der Waals surface area contributed by atoms with Crippen molar-refractivity contribution < 1.29 is 23.5 Å². The summed E-state index contributed by atoms with van der Waals surface area (Å²) in [4.78, 5) is 54.6. The third-order valence-electron chi connectivity index (χ3n) is 8.03. The number of carbonyl (C=O) groups excluding carboxylic acids is 3. The van der Waals surface area contributed by atoms with Crippen LogP contribution < -0.4 is 5.56 Å². The second-order valence-electron chi connectivity index (χ2n) is 10.7. The Bertz CT molecular complexity index is 1790. The van der Waals surface area contributed by atoms with Crippen molar-refractivity contribution in [2.24, 2.45) is 7.05 Å². The minimum Gasteiger partial charge on any atom is -0.456 e. The number of aryl methyl sites for hydroxylation is 1. The Morgan fingerprint density at radius 1 is 1.00 bits per heavy atom. The van der Waals surface area contributed by atoms with Crippen LogP contribution in [-0.4, -0.2) is 55.7 Å². The molecule has 1 aliphatic rings. The lowest BCUT2D eigenvalue weighted by molar-refractivity contribution is -0.149. The Morgan fingerprint density at radius 3 is 2.42 bits per heavy atom. The van der Waals surface area contributed by atoms with Crippen molar-refractivity contribution in [2.45, 2.75) is 46.1 Å². The van der Waals surface area contributed by atoms with Crippen LogP contribution in [0.4, 0.5) is 4.39 Å². The predicted molar refractivity (Wildman–Crippen MR) is 163 cm³/mol. The summed E-state index contributed by atoms with van der Waals surface area (Å²) in [5.41, 5.74) is 3.33. The molecule has 43 heavy (non-hydrogen) atoms. The van der Waals surface area contributed by atoms with E-state index in [1.807, 2.05) is 44.2 Å². The Morgan fingerprint density at radius 2 is 1.72 bits per heavy atom. The van der Waals surface area contributed by atoms with Gasteiger partial charge in [0.05, 0.1) is 15.9 Å². The molecule has 1 amide bonds. The van der Waals surface area contributed by atoms with Crippen LogP contribution in [0.1, 0.15) is 57.1 Å². The van der Waals surface area contributed by atoms with Crippen molar-refractivity contribution >= 4 is 33.6 Å². The summed E-state index contributed by atoms with van der Waals surface area (Å²) in [5, 5.41) is 0. The first-order chi connectivity index (χ1) is 20.5. The maximum absolute atomic E-state index is 14.1. The van der Waals surface area contributed by atoms with Crippen LogP contribution in [0.15, 0.2) is 63.9 Å². The highest BCUT2D eigenvalue weighted by Crippen LogP contribution is 2.25. The lowest BCUT2D eigenvalue weighted by atomic mass is 10.0. The Balaban J connectivity index is 1.35. The zero-order chi connectivity index (χ0) is 31.0. The minimum atomic E-state index is -0.878. The molecule has 0 bridgehead atoms. The molecule has 4 aromatic rings. The Kier molecular flexibility index (Phi) is 8.55. The molecule has 11 heteroatoms. The summed E-state index contributed by atoms with van der Waals surface area (Å²) >= 11 is 3.08. The number of aromatic nitrogens is 3. The normalized spacial score (nSPS) is 15.0. The Hall–Kier alpha value is -4.25. The van der Waals surface area contributed by atoms with E-state index in [1.165, 1.54) is 17.0 Å². The van der Waals surface area contributed by atoms with E-state index < -0.39 is 36.1 Å². The third-order valence-corrected chi connectivity index (χ3v) is 8.67. The first kappa shape index (κ1) is 30.2. The van der Waals surface area contributed by atoms with Crippen molar-refractivity contribution in [1.82, 2.24) is 18.8 Å². The topological polar surface area (TPSA) is 95.5 Å². The summed E-state index contributed by atoms with van der Waals surface area (Å²) < 4.78 is 24.9. The maximum Gasteiger partial charge on any atom is 0.329 e. The summed E-state index contributed by atoms with van der Waals surface area (Å²) in [6.45, 7) is 5.21. The average molecular weight is 652 g/mol. The van der Waals surface area contributed by atoms with Gasteiger partial charge < -0.3 is 14.2 Å². The summed E-state index contributed by atoms with van der Waals surface area (Å²) in [6, 6.07) is 14.2. The number of carbonyl (C=O) groups is 3. The second-order valence-corrected chi connectivity index (χ2v) is 11.6. The van der Waals surface area contributed by atoms with Gasteiger partial charge >= 0.3 is 5.97 Å². The summed E-state index contributed by atoms with van der Waals surface area (Å²) in [7, 11) is 1.81. The molecule has 1 fully saturated rings. The molecule has 1 aliphatic heterocycles. The monoisotopic (exact) mass is 650 g/mol. The molecule has 1 saturated heterocycles. The van der Waals surface area contributed by atoms with E-state index in [-0.39, 0.29) is 15.6 Å². The smallest absolute Gasteiger partial charge is 0.329 e. The number of benzene rings is 2. The lowest BCUT2D eigenvalue weighted by Gasteiger charge is -2.34. The van der Waals surface area contributed by atoms with Crippen molar-refractivity contribution in [1.29, 1.82) is 0 Å². The van der Waals surface area contributed by atoms with E-state index in [0.717, 1.165) is 11.8 Å². The number of hydrogen-bond donors (Lipinski definition) is 0. The first-order valence-electron chi connectivity index (χ1n) is 14.0. The van der Waals surface area contributed by atoms with Gasteiger partial charge in [-0.1, -0.05) is 18.2 Å². The number of ketones is 1. The molecule has 0 spiro atoms. The molecule has 1 atom stereocenters. The molecule has 1 unspecified atom stereocenters. The third kappa shape index (κ3) is 5.61. The van der Waals surface area contributed by atoms with E-state index in [0.29, 0.717) is 54.1 Å². The van der Waals surface area contributed by atoms with E-state index >= 15 is 0 Å². The molecular weight excluding hydrogens is 619 g/mol. The fourth-order valence-electron chi connectivity index (χ4n) is 5.73. The number of esters is 1. The number of rotatable bonds is 7. The van der Waals surface area contributed by atoms with Crippen LogP contribution in [0.2, 0.25) is 0 Å². The standard InChI is InChI=1S/C32H32BrFN4O5/c1-19-16-24(20(2)37(19)29-21(3)35(4)38(31(29)41)23-10-6-5-7-11-23)28(39)18-43-32(42)27-12-8-9-15-36(27)30(40)22-13-14-25(33)26(34)17-22/h5-7,10-11,13-14,16-17,27H,8-9,12,15,18H2,1-4H3. The van der Waals surface area contributed by atoms with Crippen LogP contribution in [0.3, 0.4) is 0 Å². The zero-order valence-electron chi connectivity index (χ0n) is 24.4. The fourth-order valence-corrected chi connectivity index (χ4v) is 5.97. The number of ether oxygens (including phenoxy) is 1. The summed E-state index contributed by atoms with van der Waals surface area (Å²) in [5.74, 6) is -2.15. The van der Waals surface area contributed by atoms with Crippen LogP contribution in [-0.2, 0) is 16.6 Å². The van der Waals surface area contributed by atoms with Gasteiger partial charge in [0.15, 0.2) is 6.61 Å². The number of likely N-dealkylation sites (tertiary alicyclic amines) is 1. The number of halogens is 2. The largest absolute Gasteiger partial charge is 0.456 e. The highest BCUT2D eigenvalue weighted by molar-refractivity contribution is 9.10. The van der Waals surface area contributed by atoms with Crippen LogP contribution in [0.25, 0.3) is 11.4 Å². The van der Waals surface area contributed by atoms with Gasteiger partial charge in [0.1, 0.15) is 17.5 Å². The van der Waals surface area contributed by atoms with E-state index in [4.69, 9.17) is 4.74 Å². The molecule has 2 aromatic carbocycles. The number of piperidine rings is 1. The summed E-state index contributed by atoms with van der Waals surface area (Å²) in [6.07, 6.45) is 1.79. The first-order valence-corrected chi connectivity index (χ1v) is 14.8. The van der Waals surface area contributed by atoms with Gasteiger partial charge in [-0.15, -0.1) is 0 Å². The maximum atomic E-state index is 14.1. The van der Waals surface area contributed by atoms with Gasteiger partial charge in [-0.2, -0.15) is 0 Å². The number of para-hydroxylation sites is 1. The Labute approximate surface area is 256 Å². The molecule has 3 heterocycles. The second kappa shape index (κ2) is 12.2. The SMILES string of the molecule is Cc1cc(C(=O)COC(=O)C2CCCCN2C(=O)c2ccc(Br)c(F)c2)c(C)n1-c1c(C)n(C)n(-c2ccccc2)c1=O. The van der Waals surface area contributed by atoms with Gasteiger partial charge in [0.2, 0.25) is 5.78 Å². The van der Waals surface area contributed by atoms with Crippen molar-refractivity contribution in [2.75, 3.05) is 13.2 Å². The molecule has 0 N–H and O–H groups in total. The van der Waals surface area contributed by atoms with Crippen molar-refractivity contribution in [3.8, 4) is 11.4 Å². The number of amides is 1. The lowest BCUT2D eigenvalue weighted by Crippen LogP contribution is -2.49. The molecule has 224 valence electrons. The zero-order valence-corrected chi connectivity index (χ0v) is 26.0. The molecule has 0 radical (unpaired) electrons. The number of hydrogen-bond acceptors (Lipinski definition) is 5. The minimum absolute atomic E-state index is 0.131. The molecule has 0 aliphatic carbocycles. The molecule has 5 rings (SSSR count). The van der Waals surface area contributed by atoms with Crippen molar-refractivity contribution in [3.05, 3.63) is 103 Å². The fraction of sp³-hybridized carbons (Fsp3) is 0.312. The highest BCUT2D eigenvalue weighted by atomic mass is 79.9. The van der Waals surface area contributed by atoms with Gasteiger partial charge in [0.25, 0.3) is 11.5 Å². The average Bonchev–Trinajstić information content (AvgIpc) is 3.41. The van der Waals surface area contributed by atoms with Gasteiger partial charge in [-0.05, 0) is 92.4 Å². The molecule has 9 nitrogen and oxygen atoms in total. The van der Waals surface area contributed by atoms with Crippen LogP contribution in [0.5, 0.6) is 0 Å². The molecule has 2 aromatic heterocycles. The van der Waals surface area contributed by atoms with Crippen LogP contribution in [0, 0.1) is 26.6 Å². The van der Waals surface area contributed by atoms with Gasteiger partial charge in [-0.3, -0.25) is 19.1 Å². The van der Waals surface area contributed by atoms with E-state index in [1.54, 1.807) is 34.0 Å².